The molecule has 3 aliphatic heterocycles. The highest BCUT2D eigenvalue weighted by atomic mass is 16.6. The van der Waals surface area contributed by atoms with Gasteiger partial charge in [-0.2, -0.15) is 10.2 Å². The number of benzene rings is 3. The summed E-state index contributed by atoms with van der Waals surface area (Å²) < 4.78 is 0. The van der Waals surface area contributed by atoms with Gasteiger partial charge in [0, 0.05) is 18.6 Å². The highest BCUT2D eigenvalue weighted by molar-refractivity contribution is 6.25. The number of anilines is 1. The van der Waals surface area contributed by atoms with Crippen molar-refractivity contribution in [3.8, 4) is 0 Å². The average molecular weight is 524 g/mol. The summed E-state index contributed by atoms with van der Waals surface area (Å²) >= 11 is 0. The van der Waals surface area contributed by atoms with Crippen LogP contribution in [0.25, 0.3) is 0 Å². The van der Waals surface area contributed by atoms with Crippen molar-refractivity contribution in [1.29, 1.82) is 0 Å². The van der Waals surface area contributed by atoms with Crippen molar-refractivity contribution in [2.45, 2.75) is 24.5 Å². The summed E-state index contributed by atoms with van der Waals surface area (Å²) in [6.45, 7) is -0.313. The van der Waals surface area contributed by atoms with Crippen LogP contribution < -0.4 is 4.90 Å². The predicted molar refractivity (Wildman–Crippen MR) is 138 cm³/mol. The van der Waals surface area contributed by atoms with Gasteiger partial charge >= 0.3 is 0 Å². The van der Waals surface area contributed by atoms with Crippen LogP contribution in [-0.4, -0.2) is 57.0 Å². The molecule has 194 valence electrons. The molecule has 6 rings (SSSR count). The molecule has 3 atom stereocenters. The van der Waals surface area contributed by atoms with E-state index in [-0.39, 0.29) is 24.0 Å². The smallest absolute Gasteiger partial charge is 0.269 e. The Morgan fingerprint density at radius 2 is 1.59 bits per heavy atom. The van der Waals surface area contributed by atoms with E-state index in [1.165, 1.54) is 34.3 Å². The van der Waals surface area contributed by atoms with Crippen LogP contribution in [0.3, 0.4) is 0 Å². The molecule has 39 heavy (non-hydrogen) atoms. The number of nitro benzene ring substituents is 1. The molecule has 3 aromatic carbocycles. The van der Waals surface area contributed by atoms with E-state index in [0.29, 0.717) is 6.42 Å². The van der Waals surface area contributed by atoms with Crippen molar-refractivity contribution in [3.05, 3.63) is 106 Å². The van der Waals surface area contributed by atoms with E-state index in [4.69, 9.17) is 0 Å². The van der Waals surface area contributed by atoms with Crippen molar-refractivity contribution in [3.63, 3.8) is 0 Å². The van der Waals surface area contributed by atoms with Crippen molar-refractivity contribution in [2.75, 3.05) is 11.4 Å². The third-order valence-electron chi connectivity index (χ3n) is 6.93. The predicted octanol–water partition coefficient (Wildman–Crippen LogP) is 3.27. The number of carbonyl (C=O) groups is 3. The van der Waals surface area contributed by atoms with E-state index in [1.807, 2.05) is 60.7 Å². The summed E-state index contributed by atoms with van der Waals surface area (Å²) in [5.41, 5.74) is 2.60. The number of imide groups is 1. The first-order chi connectivity index (χ1) is 18.9. The summed E-state index contributed by atoms with van der Waals surface area (Å²) in [6.07, 6.45) is 0.513. The molecular formula is C27H21N7O5. The molecule has 0 bridgehead atoms. The molecule has 1 saturated heterocycles. The van der Waals surface area contributed by atoms with E-state index in [1.54, 1.807) is 0 Å². The van der Waals surface area contributed by atoms with E-state index >= 15 is 0 Å². The lowest BCUT2D eigenvalue weighted by Crippen LogP contribution is -2.44. The largest absolute Gasteiger partial charge is 0.271 e. The van der Waals surface area contributed by atoms with Gasteiger partial charge in [-0.15, -0.1) is 0 Å². The minimum atomic E-state index is -1.10. The number of hydrogen-bond donors (Lipinski definition) is 0. The Labute approximate surface area is 222 Å². The minimum absolute atomic E-state index is 0.168. The van der Waals surface area contributed by atoms with Crippen LogP contribution in [0.2, 0.25) is 0 Å². The average Bonchev–Trinajstić information content (AvgIpc) is 3.65. The Balaban J connectivity index is 1.24. The lowest BCUT2D eigenvalue weighted by molar-refractivity contribution is -0.384. The van der Waals surface area contributed by atoms with Crippen LogP contribution >= 0.6 is 0 Å². The maximum Gasteiger partial charge on any atom is 0.269 e. The van der Waals surface area contributed by atoms with Crippen molar-refractivity contribution in [1.82, 2.24) is 10.0 Å². The Bertz CT molecular complexity index is 1530. The Kier molecular flexibility index (Phi) is 5.91. The number of non-ortho nitro benzene ring substituents is 1. The lowest BCUT2D eigenvalue weighted by atomic mass is 9.98. The number of nitro groups is 1. The second-order valence-electron chi connectivity index (χ2n) is 9.26. The minimum Gasteiger partial charge on any atom is -0.271 e. The fourth-order valence-electron chi connectivity index (χ4n) is 5.02. The van der Waals surface area contributed by atoms with Crippen molar-refractivity contribution in [2.24, 2.45) is 15.4 Å². The molecule has 12 nitrogen and oxygen atoms in total. The van der Waals surface area contributed by atoms with Crippen LogP contribution in [0, 0.1) is 10.1 Å². The quantitative estimate of drug-likeness (QED) is 0.276. The molecule has 0 spiro atoms. The third-order valence-corrected chi connectivity index (χ3v) is 6.93. The zero-order valence-corrected chi connectivity index (χ0v) is 20.4. The molecule has 0 aliphatic carbocycles. The van der Waals surface area contributed by atoms with Gasteiger partial charge in [0.15, 0.2) is 12.1 Å². The molecule has 3 heterocycles. The first-order valence-electron chi connectivity index (χ1n) is 12.2. The molecule has 1 fully saturated rings. The standard InChI is InChI=1S/C27H21N7O5/c35-23(33-22(18-9-5-2-6-10-18)15-21(29-33)17-7-3-1-4-8-17)16-31-25-24(28-30-31)26(36)32(27(25)37)19-11-13-20(14-12-19)34(38)39/h1-14,22,24-25H,15-16H2/t22-,24+,25-/m1/s1. The monoisotopic (exact) mass is 523 g/mol. The fraction of sp³-hybridized carbons (Fsp3) is 0.185. The second kappa shape index (κ2) is 9.56. The Morgan fingerprint density at radius 3 is 2.26 bits per heavy atom. The van der Waals surface area contributed by atoms with Crippen molar-refractivity contribution >= 4 is 34.8 Å². The van der Waals surface area contributed by atoms with Crippen LogP contribution in [0.5, 0.6) is 0 Å². The van der Waals surface area contributed by atoms with Crippen LogP contribution in [0.4, 0.5) is 11.4 Å². The molecular weight excluding hydrogens is 502 g/mol. The number of fused-ring (bicyclic) bond motifs is 1. The molecule has 3 aliphatic rings. The molecule has 3 aromatic rings. The van der Waals surface area contributed by atoms with E-state index in [2.05, 4.69) is 15.4 Å². The SMILES string of the molecule is O=C1[C@H]2N=NN(CC(=O)N3N=C(c4ccccc4)C[C@@H]3c3ccccc3)[C@H]2C(=O)N1c1ccc([N+](=O)[O-])cc1. The van der Waals surface area contributed by atoms with E-state index in [9.17, 15) is 24.5 Å². The summed E-state index contributed by atoms with van der Waals surface area (Å²) in [5, 5.41) is 26.2. The Hall–Kier alpha value is -5.26. The molecule has 0 aromatic heterocycles. The molecule has 0 unspecified atom stereocenters. The molecule has 0 N–H and O–H groups in total. The van der Waals surface area contributed by atoms with Gasteiger partial charge in [-0.25, -0.2) is 9.91 Å². The van der Waals surface area contributed by atoms with Gasteiger partial charge in [-0.05, 0) is 23.3 Å². The highest BCUT2D eigenvalue weighted by Gasteiger charge is 2.55. The van der Waals surface area contributed by atoms with Gasteiger partial charge in [-0.3, -0.25) is 29.5 Å². The Morgan fingerprint density at radius 1 is 0.923 bits per heavy atom. The van der Waals surface area contributed by atoms with Crippen molar-refractivity contribution < 1.29 is 19.3 Å². The number of hydrogen-bond acceptors (Lipinski definition) is 9. The zero-order valence-electron chi connectivity index (χ0n) is 20.4. The summed E-state index contributed by atoms with van der Waals surface area (Å²) in [7, 11) is 0. The van der Waals surface area contributed by atoms with Crippen LogP contribution in [0.15, 0.2) is 100 Å². The third kappa shape index (κ3) is 4.21. The van der Waals surface area contributed by atoms with E-state index < -0.39 is 34.7 Å². The first-order valence-corrected chi connectivity index (χ1v) is 12.2. The second-order valence-corrected chi connectivity index (χ2v) is 9.26. The number of carbonyl (C=O) groups excluding carboxylic acids is 3. The molecule has 12 heteroatoms. The first kappa shape index (κ1) is 24.1. The van der Waals surface area contributed by atoms with Gasteiger partial charge < -0.3 is 0 Å². The number of nitrogens with zero attached hydrogens (tertiary/aromatic N) is 7. The zero-order chi connectivity index (χ0) is 27.1. The van der Waals surface area contributed by atoms with Crippen LogP contribution in [-0.2, 0) is 14.4 Å². The molecule has 0 radical (unpaired) electrons. The van der Waals surface area contributed by atoms with Gasteiger partial charge in [0.05, 0.1) is 22.4 Å². The van der Waals surface area contributed by atoms with E-state index in [0.717, 1.165) is 21.7 Å². The van der Waals surface area contributed by atoms with Gasteiger partial charge in [0.2, 0.25) is 0 Å². The lowest BCUT2D eigenvalue weighted by Gasteiger charge is -2.25. The number of amides is 3. The molecule has 3 amide bonds. The van der Waals surface area contributed by atoms with Gasteiger partial charge in [0.25, 0.3) is 23.4 Å². The number of rotatable bonds is 6. The van der Waals surface area contributed by atoms with Gasteiger partial charge in [0.1, 0.15) is 6.54 Å². The van der Waals surface area contributed by atoms with Gasteiger partial charge in [-0.1, -0.05) is 65.9 Å². The summed E-state index contributed by atoms with van der Waals surface area (Å²) in [6, 6.07) is 21.7. The summed E-state index contributed by atoms with van der Waals surface area (Å²) in [4.78, 5) is 51.3. The maximum absolute atomic E-state index is 13.6. The fourth-order valence-corrected chi connectivity index (χ4v) is 5.02. The maximum atomic E-state index is 13.6. The summed E-state index contributed by atoms with van der Waals surface area (Å²) in [5.74, 6) is -1.61. The molecule has 0 saturated carbocycles. The topological polar surface area (TPSA) is 141 Å². The normalized spacial score (nSPS) is 21.9. The highest BCUT2D eigenvalue weighted by Crippen LogP contribution is 2.35. The van der Waals surface area contributed by atoms with Crippen LogP contribution in [0.1, 0.15) is 23.6 Å². The number of hydrazone groups is 1.